The quantitative estimate of drug-likeness (QED) is 0.688. The van der Waals surface area contributed by atoms with Crippen LogP contribution >= 0.6 is 0 Å². The van der Waals surface area contributed by atoms with Crippen molar-refractivity contribution in [3.8, 4) is 0 Å². The van der Waals surface area contributed by atoms with Gasteiger partial charge < -0.3 is 9.47 Å². The number of aromatic nitrogens is 1. The molecule has 0 saturated carbocycles. The largest absolute Gasteiger partial charge is 0.493 e. The highest BCUT2D eigenvalue weighted by Gasteiger charge is 2.11. The van der Waals surface area contributed by atoms with E-state index >= 15 is 0 Å². The van der Waals surface area contributed by atoms with Crippen molar-refractivity contribution in [3.05, 3.63) is 35.7 Å². The van der Waals surface area contributed by atoms with Gasteiger partial charge in [0.2, 0.25) is 0 Å². The van der Waals surface area contributed by atoms with Crippen LogP contribution in [-0.4, -0.2) is 24.7 Å². The third-order valence-corrected chi connectivity index (χ3v) is 2.15. The van der Waals surface area contributed by atoms with Crippen LogP contribution in [0.5, 0.6) is 0 Å². The third-order valence-electron chi connectivity index (χ3n) is 2.15. The van der Waals surface area contributed by atoms with Crippen LogP contribution in [0, 0.1) is 0 Å². The SMILES string of the molecule is COC(=O)c1ccc(C2=CCCO2)cn1. The highest BCUT2D eigenvalue weighted by molar-refractivity contribution is 5.87. The van der Waals surface area contributed by atoms with Gasteiger partial charge in [0.05, 0.1) is 13.7 Å². The van der Waals surface area contributed by atoms with Gasteiger partial charge in [0.15, 0.2) is 0 Å². The molecular formula is C11H11NO3. The summed E-state index contributed by atoms with van der Waals surface area (Å²) in [4.78, 5) is 15.1. The van der Waals surface area contributed by atoms with Gasteiger partial charge in [0, 0.05) is 18.2 Å². The lowest BCUT2D eigenvalue weighted by atomic mass is 10.2. The summed E-state index contributed by atoms with van der Waals surface area (Å²) in [5, 5.41) is 0. The first-order chi connectivity index (χ1) is 7.31. The first-order valence-corrected chi connectivity index (χ1v) is 4.69. The van der Waals surface area contributed by atoms with E-state index in [-0.39, 0.29) is 0 Å². The Morgan fingerprint density at radius 3 is 2.93 bits per heavy atom. The second-order valence-electron chi connectivity index (χ2n) is 3.13. The van der Waals surface area contributed by atoms with Gasteiger partial charge in [-0.15, -0.1) is 0 Å². The monoisotopic (exact) mass is 205 g/mol. The lowest BCUT2D eigenvalue weighted by molar-refractivity contribution is 0.0594. The second-order valence-corrected chi connectivity index (χ2v) is 3.13. The summed E-state index contributed by atoms with van der Waals surface area (Å²) < 4.78 is 9.92. The number of ether oxygens (including phenoxy) is 2. The van der Waals surface area contributed by atoms with Gasteiger partial charge in [-0.2, -0.15) is 0 Å². The Labute approximate surface area is 87.5 Å². The molecule has 0 N–H and O–H groups in total. The summed E-state index contributed by atoms with van der Waals surface area (Å²) in [5.41, 5.74) is 1.19. The number of esters is 1. The van der Waals surface area contributed by atoms with Gasteiger partial charge in [-0.3, -0.25) is 0 Å². The number of hydrogen-bond acceptors (Lipinski definition) is 4. The summed E-state index contributed by atoms with van der Waals surface area (Å²) >= 11 is 0. The smallest absolute Gasteiger partial charge is 0.356 e. The molecule has 0 atom stereocenters. The average Bonchev–Trinajstić information content (AvgIpc) is 2.82. The average molecular weight is 205 g/mol. The summed E-state index contributed by atoms with van der Waals surface area (Å²) in [6.45, 7) is 0.716. The number of carbonyl (C=O) groups excluding carboxylic acids is 1. The molecule has 0 unspecified atom stereocenters. The molecule has 0 aliphatic carbocycles. The predicted octanol–water partition coefficient (Wildman–Crippen LogP) is 1.63. The van der Waals surface area contributed by atoms with Gasteiger partial charge in [-0.25, -0.2) is 9.78 Å². The van der Waals surface area contributed by atoms with Crippen LogP contribution < -0.4 is 0 Å². The summed E-state index contributed by atoms with van der Waals surface area (Å²) in [6.07, 6.45) is 4.55. The van der Waals surface area contributed by atoms with Crippen molar-refractivity contribution in [3.63, 3.8) is 0 Å². The standard InChI is InChI=1S/C11H11NO3/c1-14-11(13)9-5-4-8(7-12-9)10-3-2-6-15-10/h3-5,7H,2,6H2,1H3. The second kappa shape index (κ2) is 4.13. The molecule has 15 heavy (non-hydrogen) atoms. The molecule has 0 bridgehead atoms. The van der Waals surface area contributed by atoms with Gasteiger partial charge >= 0.3 is 5.97 Å². The topological polar surface area (TPSA) is 48.4 Å². The lowest BCUT2D eigenvalue weighted by Crippen LogP contribution is -2.04. The first-order valence-electron chi connectivity index (χ1n) is 4.69. The number of methoxy groups -OCH3 is 1. The van der Waals surface area contributed by atoms with Gasteiger partial charge in [0.1, 0.15) is 11.5 Å². The fraction of sp³-hybridized carbons (Fsp3) is 0.273. The van der Waals surface area contributed by atoms with Crippen LogP contribution in [0.2, 0.25) is 0 Å². The fourth-order valence-electron chi connectivity index (χ4n) is 1.38. The molecule has 1 aromatic heterocycles. The molecule has 0 aromatic carbocycles. The molecule has 1 aliphatic rings. The minimum absolute atomic E-state index is 0.305. The van der Waals surface area contributed by atoms with Crippen LogP contribution in [-0.2, 0) is 9.47 Å². The number of pyridine rings is 1. The minimum Gasteiger partial charge on any atom is -0.493 e. The minimum atomic E-state index is -0.428. The van der Waals surface area contributed by atoms with E-state index in [0.29, 0.717) is 12.3 Å². The molecule has 2 rings (SSSR count). The van der Waals surface area contributed by atoms with Crippen molar-refractivity contribution in [1.82, 2.24) is 4.98 Å². The molecule has 0 spiro atoms. The molecule has 1 aromatic rings. The molecular weight excluding hydrogens is 194 g/mol. The molecule has 0 fully saturated rings. The Bertz CT molecular complexity index is 395. The highest BCUT2D eigenvalue weighted by atomic mass is 16.5. The maximum atomic E-state index is 11.1. The molecule has 0 amide bonds. The van der Waals surface area contributed by atoms with E-state index in [2.05, 4.69) is 9.72 Å². The summed E-state index contributed by atoms with van der Waals surface area (Å²) in [7, 11) is 1.33. The molecule has 4 nitrogen and oxygen atoms in total. The Kier molecular flexibility index (Phi) is 2.67. The highest BCUT2D eigenvalue weighted by Crippen LogP contribution is 2.20. The molecule has 2 heterocycles. The van der Waals surface area contributed by atoms with Crippen LogP contribution in [0.4, 0.5) is 0 Å². The van der Waals surface area contributed by atoms with Gasteiger partial charge in [-0.1, -0.05) is 0 Å². The van der Waals surface area contributed by atoms with E-state index in [9.17, 15) is 4.79 Å². The van der Waals surface area contributed by atoms with Crippen molar-refractivity contribution < 1.29 is 14.3 Å². The van der Waals surface area contributed by atoms with Crippen molar-refractivity contribution >= 4 is 11.7 Å². The fourth-order valence-corrected chi connectivity index (χ4v) is 1.38. The van der Waals surface area contributed by atoms with Crippen molar-refractivity contribution in [2.75, 3.05) is 13.7 Å². The van der Waals surface area contributed by atoms with Gasteiger partial charge in [-0.05, 0) is 18.2 Å². The predicted molar refractivity (Wildman–Crippen MR) is 54.1 cm³/mol. The first kappa shape index (κ1) is 9.71. The van der Waals surface area contributed by atoms with Gasteiger partial charge in [0.25, 0.3) is 0 Å². The van der Waals surface area contributed by atoms with E-state index in [0.717, 1.165) is 17.7 Å². The Morgan fingerprint density at radius 1 is 1.53 bits per heavy atom. The van der Waals surface area contributed by atoms with Crippen LogP contribution in [0.1, 0.15) is 22.5 Å². The number of rotatable bonds is 2. The van der Waals surface area contributed by atoms with Crippen molar-refractivity contribution in [2.45, 2.75) is 6.42 Å². The summed E-state index contributed by atoms with van der Waals surface area (Å²) in [6, 6.07) is 3.43. The third kappa shape index (κ3) is 1.98. The van der Waals surface area contributed by atoms with Crippen LogP contribution in [0.15, 0.2) is 24.4 Å². The zero-order valence-electron chi connectivity index (χ0n) is 8.40. The maximum absolute atomic E-state index is 11.1. The molecule has 4 heteroatoms. The zero-order valence-corrected chi connectivity index (χ0v) is 8.40. The van der Waals surface area contributed by atoms with Crippen LogP contribution in [0.25, 0.3) is 5.76 Å². The molecule has 0 saturated heterocycles. The number of nitrogens with zero attached hydrogens (tertiary/aromatic N) is 1. The van der Waals surface area contributed by atoms with Crippen LogP contribution in [0.3, 0.4) is 0 Å². The Hall–Kier alpha value is -1.84. The van der Waals surface area contributed by atoms with E-state index in [1.807, 2.05) is 6.08 Å². The van der Waals surface area contributed by atoms with E-state index in [1.54, 1.807) is 18.3 Å². The van der Waals surface area contributed by atoms with E-state index < -0.39 is 5.97 Å². The molecule has 1 aliphatic heterocycles. The number of carbonyl (C=O) groups is 1. The Balaban J connectivity index is 2.20. The zero-order chi connectivity index (χ0) is 10.7. The number of hydrogen-bond donors (Lipinski definition) is 0. The Morgan fingerprint density at radius 2 is 2.40 bits per heavy atom. The van der Waals surface area contributed by atoms with Crippen molar-refractivity contribution in [1.29, 1.82) is 0 Å². The normalized spacial score (nSPS) is 14.3. The van der Waals surface area contributed by atoms with E-state index in [4.69, 9.17) is 4.74 Å². The molecule has 78 valence electrons. The van der Waals surface area contributed by atoms with Crippen molar-refractivity contribution in [2.24, 2.45) is 0 Å². The lowest BCUT2D eigenvalue weighted by Gasteiger charge is -2.03. The maximum Gasteiger partial charge on any atom is 0.356 e. The molecule has 0 radical (unpaired) electrons. The van der Waals surface area contributed by atoms with E-state index in [1.165, 1.54) is 7.11 Å². The summed E-state index contributed by atoms with van der Waals surface area (Å²) in [5.74, 6) is 0.404.